The molecule has 0 aliphatic heterocycles. The summed E-state index contributed by atoms with van der Waals surface area (Å²) >= 11 is 0. The number of hydrogen-bond donors (Lipinski definition) is 0. The Morgan fingerprint density at radius 2 is 1.56 bits per heavy atom. The smallest absolute Gasteiger partial charge is 0.224 e. The molecule has 0 N–H and O–H groups in total. The van der Waals surface area contributed by atoms with E-state index in [0.717, 1.165) is 28.5 Å². The molecule has 5 aromatic rings. The minimum atomic E-state index is -0.888. The summed E-state index contributed by atoms with van der Waals surface area (Å²) in [5, 5.41) is 1.03. The number of halogens is 2. The van der Waals surface area contributed by atoms with E-state index in [4.69, 9.17) is 4.98 Å². The van der Waals surface area contributed by atoms with Gasteiger partial charge in [0.25, 0.3) is 0 Å². The summed E-state index contributed by atoms with van der Waals surface area (Å²) in [6.07, 6.45) is 5.69. The molecular weight excluding hydrogens is 408 g/mol. The molecule has 0 radical (unpaired) electrons. The van der Waals surface area contributed by atoms with Gasteiger partial charge in [0.05, 0.1) is 28.2 Å². The summed E-state index contributed by atoms with van der Waals surface area (Å²) in [4.78, 5) is 17.2. The first kappa shape index (κ1) is 19.9. The van der Waals surface area contributed by atoms with E-state index in [0.29, 0.717) is 11.4 Å². The van der Waals surface area contributed by atoms with Gasteiger partial charge in [-0.2, -0.15) is 13.8 Å². The van der Waals surface area contributed by atoms with Crippen LogP contribution in [0.15, 0.2) is 79.3 Å². The van der Waals surface area contributed by atoms with E-state index in [-0.39, 0.29) is 5.56 Å². The third-order valence-electron chi connectivity index (χ3n) is 5.53. The van der Waals surface area contributed by atoms with Crippen molar-refractivity contribution in [3.8, 4) is 17.1 Å². The molecule has 0 saturated heterocycles. The number of pyridine rings is 4. The summed E-state index contributed by atoms with van der Waals surface area (Å²) in [6.45, 7) is 4.02. The molecule has 0 aliphatic carbocycles. The molecule has 0 aliphatic rings. The monoisotopic (exact) mass is 427 g/mol. The van der Waals surface area contributed by atoms with E-state index in [1.54, 1.807) is 18.3 Å². The molecule has 32 heavy (non-hydrogen) atoms. The maximum Gasteiger partial charge on any atom is 0.224 e. The average Bonchev–Trinajstić information content (AvgIpc) is 3.24. The Bertz CT molecular complexity index is 1410. The Kier molecular flexibility index (Phi) is 4.74. The van der Waals surface area contributed by atoms with Crippen molar-refractivity contribution < 1.29 is 8.78 Å². The lowest BCUT2D eigenvalue weighted by molar-refractivity contribution is 0.514. The maximum atomic E-state index is 14.2. The van der Waals surface area contributed by atoms with Crippen LogP contribution in [-0.2, 0) is 5.41 Å². The van der Waals surface area contributed by atoms with Gasteiger partial charge in [0, 0.05) is 29.4 Å². The fraction of sp³-hybridized carbons (Fsp3) is 0.120. The van der Waals surface area contributed by atoms with E-state index in [1.165, 1.54) is 6.07 Å². The van der Waals surface area contributed by atoms with Gasteiger partial charge >= 0.3 is 0 Å². The Morgan fingerprint density at radius 3 is 2.34 bits per heavy atom. The fourth-order valence-corrected chi connectivity index (χ4v) is 3.68. The first-order valence-corrected chi connectivity index (χ1v) is 10.1. The third kappa shape index (κ3) is 3.51. The molecule has 5 aromatic heterocycles. The van der Waals surface area contributed by atoms with Crippen LogP contribution in [0.5, 0.6) is 0 Å². The van der Waals surface area contributed by atoms with Crippen molar-refractivity contribution in [1.29, 1.82) is 0 Å². The van der Waals surface area contributed by atoms with Crippen molar-refractivity contribution in [3.05, 3.63) is 103 Å². The minimum absolute atomic E-state index is 0.150. The van der Waals surface area contributed by atoms with Gasteiger partial charge in [-0.3, -0.25) is 9.97 Å². The van der Waals surface area contributed by atoms with Crippen molar-refractivity contribution >= 4 is 10.9 Å². The molecule has 0 aromatic carbocycles. The molecule has 0 unspecified atom stereocenters. The number of hydrogen-bond acceptors (Lipinski definition) is 4. The van der Waals surface area contributed by atoms with Gasteiger partial charge in [-0.25, -0.2) is 4.98 Å². The third-order valence-corrected chi connectivity index (χ3v) is 5.53. The van der Waals surface area contributed by atoms with Gasteiger partial charge in [0.2, 0.25) is 11.9 Å². The molecule has 0 saturated carbocycles. The molecule has 0 amide bonds. The molecule has 0 atom stereocenters. The number of nitrogens with zero attached hydrogens (tertiary/aromatic N) is 5. The normalized spacial score (nSPS) is 11.8. The van der Waals surface area contributed by atoms with Gasteiger partial charge in [-0.05, 0) is 62.4 Å². The highest BCUT2D eigenvalue weighted by Gasteiger charge is 2.27. The first-order chi connectivity index (χ1) is 15.4. The predicted molar refractivity (Wildman–Crippen MR) is 118 cm³/mol. The van der Waals surface area contributed by atoms with Crippen LogP contribution in [0.1, 0.15) is 25.2 Å². The molecule has 5 heterocycles. The van der Waals surface area contributed by atoms with Gasteiger partial charge < -0.3 is 4.57 Å². The molecule has 0 fully saturated rings. The number of aromatic nitrogens is 5. The minimum Gasteiger partial charge on any atom is -0.306 e. The van der Waals surface area contributed by atoms with Crippen LogP contribution in [0.3, 0.4) is 0 Å². The van der Waals surface area contributed by atoms with Gasteiger partial charge in [-0.15, -0.1) is 0 Å². The maximum absolute atomic E-state index is 14.2. The van der Waals surface area contributed by atoms with E-state index >= 15 is 0 Å². The van der Waals surface area contributed by atoms with Crippen molar-refractivity contribution in [2.24, 2.45) is 0 Å². The zero-order chi connectivity index (χ0) is 22.3. The lowest BCUT2D eigenvalue weighted by Crippen LogP contribution is -2.23. The van der Waals surface area contributed by atoms with Gasteiger partial charge in [0.1, 0.15) is 5.82 Å². The van der Waals surface area contributed by atoms with Gasteiger partial charge in [0.15, 0.2) is 0 Å². The largest absolute Gasteiger partial charge is 0.306 e. The number of fused-ring (bicyclic) bond motifs is 1. The Balaban J connectivity index is 1.54. The Hall–Kier alpha value is -4.00. The van der Waals surface area contributed by atoms with Crippen molar-refractivity contribution in [3.63, 3.8) is 0 Å². The standard InChI is InChI=1S/C25H19F2N5/c1-25(2,20-8-3-7-18(29-20)17-11-12-22(26)31-24(17)27)21-9-4-10-23(30-21)32-14-16-6-5-13-28-19(16)15-32/h3-15H,1-2H3. The van der Waals surface area contributed by atoms with Crippen molar-refractivity contribution in [2.45, 2.75) is 19.3 Å². The molecule has 0 spiro atoms. The van der Waals surface area contributed by atoms with Crippen LogP contribution in [0.4, 0.5) is 8.78 Å². The second kappa shape index (κ2) is 7.60. The van der Waals surface area contributed by atoms with Crippen LogP contribution in [0, 0.1) is 11.9 Å². The quantitative estimate of drug-likeness (QED) is 0.356. The molecule has 5 rings (SSSR count). The topological polar surface area (TPSA) is 56.5 Å². The highest BCUT2D eigenvalue weighted by Crippen LogP contribution is 2.31. The molecule has 5 nitrogen and oxygen atoms in total. The molecular formula is C25H19F2N5. The highest BCUT2D eigenvalue weighted by atomic mass is 19.1. The Labute approximate surface area is 183 Å². The van der Waals surface area contributed by atoms with Crippen LogP contribution < -0.4 is 0 Å². The lowest BCUT2D eigenvalue weighted by atomic mass is 9.84. The van der Waals surface area contributed by atoms with E-state index in [1.807, 2.05) is 67.2 Å². The molecule has 7 heteroatoms. The van der Waals surface area contributed by atoms with E-state index < -0.39 is 17.3 Å². The van der Waals surface area contributed by atoms with E-state index in [2.05, 4.69) is 15.0 Å². The SMILES string of the molecule is CC(C)(c1cccc(-c2ccc(F)nc2F)n1)c1cccc(-n2cc3cccnc3c2)n1. The fourth-order valence-electron chi connectivity index (χ4n) is 3.68. The lowest BCUT2D eigenvalue weighted by Gasteiger charge is -2.24. The summed E-state index contributed by atoms with van der Waals surface area (Å²) in [7, 11) is 0. The van der Waals surface area contributed by atoms with Crippen LogP contribution in [0.2, 0.25) is 0 Å². The highest BCUT2D eigenvalue weighted by molar-refractivity contribution is 5.78. The van der Waals surface area contributed by atoms with Crippen LogP contribution >= 0.6 is 0 Å². The first-order valence-electron chi connectivity index (χ1n) is 10.1. The predicted octanol–water partition coefficient (Wildman–Crippen LogP) is 5.48. The number of rotatable bonds is 4. The summed E-state index contributed by atoms with van der Waals surface area (Å²) in [5.41, 5.74) is 2.38. The average molecular weight is 427 g/mol. The van der Waals surface area contributed by atoms with Crippen LogP contribution in [0.25, 0.3) is 28.0 Å². The second-order valence-corrected chi connectivity index (χ2v) is 8.03. The summed E-state index contributed by atoms with van der Waals surface area (Å²) in [5.74, 6) is -0.990. The summed E-state index contributed by atoms with van der Waals surface area (Å²) in [6, 6.07) is 17.6. The zero-order valence-corrected chi connectivity index (χ0v) is 17.5. The van der Waals surface area contributed by atoms with Crippen molar-refractivity contribution in [2.75, 3.05) is 0 Å². The Morgan fingerprint density at radius 1 is 0.781 bits per heavy atom. The van der Waals surface area contributed by atoms with E-state index in [9.17, 15) is 8.78 Å². The van der Waals surface area contributed by atoms with Crippen LogP contribution in [-0.4, -0.2) is 24.5 Å². The summed E-state index contributed by atoms with van der Waals surface area (Å²) < 4.78 is 29.4. The second-order valence-electron chi connectivity index (χ2n) is 8.03. The molecule has 158 valence electrons. The van der Waals surface area contributed by atoms with Gasteiger partial charge in [-0.1, -0.05) is 12.1 Å². The van der Waals surface area contributed by atoms with Crippen molar-refractivity contribution in [1.82, 2.24) is 24.5 Å². The zero-order valence-electron chi connectivity index (χ0n) is 17.5. The molecule has 0 bridgehead atoms.